The molecule has 5 heteroatoms. The first-order valence-electron chi connectivity index (χ1n) is 10.3. The lowest BCUT2D eigenvalue weighted by molar-refractivity contribution is -0.136. The molecule has 154 valence electrons. The number of piperidine rings is 1. The number of amides is 2. The van der Waals surface area contributed by atoms with E-state index in [1.54, 1.807) is 4.90 Å². The highest BCUT2D eigenvalue weighted by Gasteiger charge is 2.30. The van der Waals surface area contributed by atoms with Crippen LogP contribution in [0.25, 0.3) is 10.8 Å². The Morgan fingerprint density at radius 3 is 2.37 bits per heavy atom. The molecule has 1 fully saturated rings. The lowest BCUT2D eigenvalue weighted by Crippen LogP contribution is -2.43. The molecule has 4 rings (SSSR count). The fourth-order valence-corrected chi connectivity index (χ4v) is 4.29. The molecule has 0 aliphatic carbocycles. The average Bonchev–Trinajstić information content (AvgIpc) is 2.79. The Hall–Kier alpha value is -2.85. The Balaban J connectivity index is 1.37. The van der Waals surface area contributed by atoms with E-state index in [2.05, 4.69) is 0 Å². The highest BCUT2D eigenvalue weighted by Crippen LogP contribution is 2.25. The van der Waals surface area contributed by atoms with Crippen molar-refractivity contribution < 1.29 is 9.59 Å². The molecule has 1 heterocycles. The summed E-state index contributed by atoms with van der Waals surface area (Å²) >= 11 is 5.94. The zero-order valence-electron chi connectivity index (χ0n) is 17.1. The summed E-state index contributed by atoms with van der Waals surface area (Å²) in [6.07, 6.45) is 1.39. The van der Waals surface area contributed by atoms with Crippen LogP contribution in [-0.2, 0) is 11.3 Å². The summed E-state index contributed by atoms with van der Waals surface area (Å²) in [5.74, 6) is 0.147. The van der Waals surface area contributed by atoms with Crippen molar-refractivity contribution in [3.05, 3.63) is 82.9 Å². The molecule has 3 aromatic rings. The molecule has 0 N–H and O–H groups in total. The van der Waals surface area contributed by atoms with E-state index < -0.39 is 0 Å². The summed E-state index contributed by atoms with van der Waals surface area (Å²) in [7, 11) is 1.84. The highest BCUT2D eigenvalue weighted by molar-refractivity contribution is 6.30. The third-order valence-electron chi connectivity index (χ3n) is 5.86. The molecule has 1 aliphatic heterocycles. The van der Waals surface area contributed by atoms with Gasteiger partial charge < -0.3 is 9.80 Å². The largest absolute Gasteiger partial charge is 0.341 e. The molecule has 30 heavy (non-hydrogen) atoms. The van der Waals surface area contributed by atoms with Crippen LogP contribution in [0, 0.1) is 5.92 Å². The van der Waals surface area contributed by atoms with Gasteiger partial charge in [-0.3, -0.25) is 9.59 Å². The zero-order valence-corrected chi connectivity index (χ0v) is 17.8. The van der Waals surface area contributed by atoms with Gasteiger partial charge in [0.15, 0.2) is 0 Å². The van der Waals surface area contributed by atoms with E-state index in [1.165, 1.54) is 0 Å². The van der Waals surface area contributed by atoms with E-state index >= 15 is 0 Å². The van der Waals surface area contributed by atoms with Crippen LogP contribution in [0.2, 0.25) is 5.02 Å². The Morgan fingerprint density at radius 2 is 1.63 bits per heavy atom. The molecule has 1 saturated heterocycles. The van der Waals surface area contributed by atoms with E-state index in [0.29, 0.717) is 37.5 Å². The minimum Gasteiger partial charge on any atom is -0.341 e. The summed E-state index contributed by atoms with van der Waals surface area (Å²) in [6.45, 7) is 1.77. The quantitative estimate of drug-likeness (QED) is 0.595. The summed E-state index contributed by atoms with van der Waals surface area (Å²) < 4.78 is 0. The van der Waals surface area contributed by atoms with E-state index in [-0.39, 0.29) is 17.7 Å². The Bertz CT molecular complexity index is 1050. The van der Waals surface area contributed by atoms with Crippen molar-refractivity contribution >= 4 is 34.2 Å². The second-order valence-electron chi connectivity index (χ2n) is 7.91. The summed E-state index contributed by atoms with van der Waals surface area (Å²) in [5.41, 5.74) is 1.79. The van der Waals surface area contributed by atoms with Gasteiger partial charge in [0, 0.05) is 43.2 Å². The first kappa shape index (κ1) is 20.4. The topological polar surface area (TPSA) is 40.6 Å². The van der Waals surface area contributed by atoms with E-state index in [9.17, 15) is 9.59 Å². The van der Waals surface area contributed by atoms with Gasteiger partial charge in [0.2, 0.25) is 5.91 Å². The van der Waals surface area contributed by atoms with Crippen LogP contribution in [0.4, 0.5) is 0 Å². The molecule has 0 unspecified atom stereocenters. The van der Waals surface area contributed by atoms with Crippen molar-refractivity contribution in [3.63, 3.8) is 0 Å². The van der Waals surface area contributed by atoms with Crippen LogP contribution in [0.15, 0.2) is 66.7 Å². The minimum atomic E-state index is -0.0427. The molecule has 3 aromatic carbocycles. The maximum Gasteiger partial charge on any atom is 0.254 e. The maximum absolute atomic E-state index is 13.1. The van der Waals surface area contributed by atoms with Crippen LogP contribution in [-0.4, -0.2) is 41.8 Å². The number of carbonyl (C=O) groups excluding carboxylic acids is 2. The van der Waals surface area contributed by atoms with Crippen LogP contribution in [0.3, 0.4) is 0 Å². The predicted molar refractivity (Wildman–Crippen MR) is 121 cm³/mol. The number of carbonyl (C=O) groups is 2. The van der Waals surface area contributed by atoms with Gasteiger partial charge in [-0.25, -0.2) is 0 Å². The van der Waals surface area contributed by atoms with Crippen molar-refractivity contribution in [2.45, 2.75) is 19.4 Å². The third-order valence-corrected chi connectivity index (χ3v) is 6.11. The van der Waals surface area contributed by atoms with Crippen LogP contribution >= 0.6 is 11.6 Å². The molecule has 4 nitrogen and oxygen atoms in total. The molecule has 0 radical (unpaired) electrons. The molecule has 0 aromatic heterocycles. The van der Waals surface area contributed by atoms with Crippen LogP contribution < -0.4 is 0 Å². The van der Waals surface area contributed by atoms with Gasteiger partial charge in [-0.05, 0) is 47.4 Å². The molecule has 0 bridgehead atoms. The number of hydrogen-bond donors (Lipinski definition) is 0. The van der Waals surface area contributed by atoms with Gasteiger partial charge in [-0.1, -0.05) is 60.1 Å². The predicted octanol–water partition coefficient (Wildman–Crippen LogP) is 5.00. The van der Waals surface area contributed by atoms with Gasteiger partial charge >= 0.3 is 0 Å². The van der Waals surface area contributed by atoms with Gasteiger partial charge in [0.25, 0.3) is 5.91 Å². The standard InChI is InChI=1S/C25H25ClN2O2/c1-27(17-18-9-11-21(26)12-10-18)24(29)20-13-15-28(16-14-20)25(30)23-8-4-6-19-5-2-3-7-22(19)23/h2-12,20H,13-17H2,1H3. The van der Waals surface area contributed by atoms with Gasteiger partial charge in [-0.15, -0.1) is 0 Å². The second kappa shape index (κ2) is 8.88. The van der Waals surface area contributed by atoms with Crippen molar-refractivity contribution in [1.29, 1.82) is 0 Å². The number of hydrogen-bond acceptors (Lipinski definition) is 2. The van der Waals surface area contributed by atoms with E-state index in [0.717, 1.165) is 21.9 Å². The van der Waals surface area contributed by atoms with Gasteiger partial charge in [0.05, 0.1) is 0 Å². The molecular formula is C25H25ClN2O2. The number of fused-ring (bicyclic) bond motifs is 1. The fraction of sp³-hybridized carbons (Fsp3) is 0.280. The van der Waals surface area contributed by atoms with E-state index in [4.69, 9.17) is 11.6 Å². The molecular weight excluding hydrogens is 396 g/mol. The normalized spacial score (nSPS) is 14.7. The van der Waals surface area contributed by atoms with Crippen molar-refractivity contribution in [3.8, 4) is 0 Å². The first-order chi connectivity index (χ1) is 14.5. The highest BCUT2D eigenvalue weighted by atomic mass is 35.5. The molecule has 2 amide bonds. The van der Waals surface area contributed by atoms with Crippen molar-refractivity contribution in [2.75, 3.05) is 20.1 Å². The van der Waals surface area contributed by atoms with Gasteiger partial charge in [-0.2, -0.15) is 0 Å². The number of nitrogens with zero attached hydrogens (tertiary/aromatic N) is 2. The second-order valence-corrected chi connectivity index (χ2v) is 8.35. The van der Waals surface area contributed by atoms with Crippen molar-refractivity contribution in [2.24, 2.45) is 5.92 Å². The zero-order chi connectivity index (χ0) is 21.1. The number of likely N-dealkylation sites (tertiary alicyclic amines) is 1. The SMILES string of the molecule is CN(Cc1ccc(Cl)cc1)C(=O)C1CCN(C(=O)c2cccc3ccccc23)CC1. The maximum atomic E-state index is 13.1. The Morgan fingerprint density at radius 1 is 0.967 bits per heavy atom. The molecule has 0 spiro atoms. The number of rotatable bonds is 4. The summed E-state index contributed by atoms with van der Waals surface area (Å²) in [5, 5.41) is 2.74. The number of halogens is 1. The summed E-state index contributed by atoms with van der Waals surface area (Å²) in [6, 6.07) is 21.4. The first-order valence-corrected chi connectivity index (χ1v) is 10.7. The fourth-order valence-electron chi connectivity index (χ4n) is 4.17. The average molecular weight is 421 g/mol. The van der Waals surface area contributed by atoms with Crippen LogP contribution in [0.5, 0.6) is 0 Å². The smallest absolute Gasteiger partial charge is 0.254 e. The lowest BCUT2D eigenvalue weighted by Gasteiger charge is -2.33. The molecule has 0 saturated carbocycles. The lowest BCUT2D eigenvalue weighted by atomic mass is 9.94. The third kappa shape index (κ3) is 4.34. The Labute approximate surface area is 182 Å². The molecule has 0 atom stereocenters. The Kier molecular flexibility index (Phi) is 6.05. The molecule has 1 aliphatic rings. The van der Waals surface area contributed by atoms with Gasteiger partial charge in [0.1, 0.15) is 0 Å². The summed E-state index contributed by atoms with van der Waals surface area (Å²) in [4.78, 5) is 29.7. The minimum absolute atomic E-state index is 0.0427. The van der Waals surface area contributed by atoms with E-state index in [1.807, 2.05) is 78.7 Å². The number of benzene rings is 3. The monoisotopic (exact) mass is 420 g/mol. The van der Waals surface area contributed by atoms with Crippen LogP contribution in [0.1, 0.15) is 28.8 Å². The van der Waals surface area contributed by atoms with Crippen molar-refractivity contribution in [1.82, 2.24) is 9.80 Å².